The molecule has 0 bridgehead atoms. The lowest BCUT2D eigenvalue weighted by atomic mass is 10.2. The Morgan fingerprint density at radius 3 is 2.93 bits per heavy atom. The van der Waals surface area contributed by atoms with Crippen molar-refractivity contribution in [1.82, 2.24) is 15.0 Å². The minimum atomic E-state index is 0.604. The number of alkyl halides is 1. The second kappa shape index (κ2) is 4.78. The number of aromatic nitrogens is 3. The standard InChI is InChI=1S/C10H16ClN3/c11-7-3-4-9-8-14(13-12-9)10-5-1-2-6-10/h8,10H,1-7H2. The van der Waals surface area contributed by atoms with Gasteiger partial charge in [0.1, 0.15) is 0 Å². The molecule has 0 aromatic carbocycles. The molecule has 0 spiro atoms. The number of aryl methyl sites for hydroxylation is 1. The van der Waals surface area contributed by atoms with Gasteiger partial charge in [-0.2, -0.15) is 0 Å². The predicted molar refractivity (Wildman–Crippen MR) is 56.6 cm³/mol. The average Bonchev–Trinajstić information content (AvgIpc) is 2.85. The first-order valence-electron chi connectivity index (χ1n) is 5.37. The molecule has 0 unspecified atom stereocenters. The average molecular weight is 214 g/mol. The van der Waals surface area contributed by atoms with Gasteiger partial charge in [0.25, 0.3) is 0 Å². The van der Waals surface area contributed by atoms with E-state index in [0.717, 1.165) is 18.5 Å². The van der Waals surface area contributed by atoms with Gasteiger partial charge in [0.15, 0.2) is 0 Å². The van der Waals surface area contributed by atoms with Gasteiger partial charge in [0, 0.05) is 12.1 Å². The molecule has 1 aromatic rings. The molecule has 1 saturated carbocycles. The molecule has 0 radical (unpaired) electrons. The predicted octanol–water partition coefficient (Wildman–Crippen LogP) is 2.56. The van der Waals surface area contributed by atoms with Crippen molar-refractivity contribution in [2.45, 2.75) is 44.6 Å². The minimum absolute atomic E-state index is 0.604. The molecule has 0 aliphatic heterocycles. The van der Waals surface area contributed by atoms with Gasteiger partial charge < -0.3 is 0 Å². The van der Waals surface area contributed by atoms with E-state index in [2.05, 4.69) is 16.5 Å². The van der Waals surface area contributed by atoms with Gasteiger partial charge in [0.05, 0.1) is 11.7 Å². The van der Waals surface area contributed by atoms with E-state index in [-0.39, 0.29) is 0 Å². The summed E-state index contributed by atoms with van der Waals surface area (Å²) in [6, 6.07) is 0.604. The number of halogens is 1. The van der Waals surface area contributed by atoms with E-state index in [9.17, 15) is 0 Å². The largest absolute Gasteiger partial charge is 0.249 e. The van der Waals surface area contributed by atoms with Gasteiger partial charge >= 0.3 is 0 Å². The third-order valence-electron chi connectivity index (χ3n) is 2.82. The number of hydrogen-bond acceptors (Lipinski definition) is 2. The van der Waals surface area contributed by atoms with Gasteiger partial charge in [-0.05, 0) is 25.7 Å². The second-order valence-corrected chi connectivity index (χ2v) is 4.30. The molecule has 3 nitrogen and oxygen atoms in total. The quantitative estimate of drug-likeness (QED) is 0.720. The molecule has 0 atom stereocenters. The smallest absolute Gasteiger partial charge is 0.0827 e. The van der Waals surface area contributed by atoms with Crippen LogP contribution in [0.1, 0.15) is 43.8 Å². The first-order valence-corrected chi connectivity index (χ1v) is 5.90. The van der Waals surface area contributed by atoms with Crippen LogP contribution in [0.2, 0.25) is 0 Å². The first kappa shape index (κ1) is 9.97. The highest BCUT2D eigenvalue weighted by molar-refractivity contribution is 6.17. The fraction of sp³-hybridized carbons (Fsp3) is 0.800. The zero-order chi connectivity index (χ0) is 9.80. The van der Waals surface area contributed by atoms with Crippen LogP contribution in [0.5, 0.6) is 0 Å². The van der Waals surface area contributed by atoms with E-state index >= 15 is 0 Å². The third kappa shape index (κ3) is 2.27. The summed E-state index contributed by atoms with van der Waals surface area (Å²) in [5.74, 6) is 0.705. The molecular formula is C10H16ClN3. The van der Waals surface area contributed by atoms with Crippen molar-refractivity contribution in [3.05, 3.63) is 11.9 Å². The highest BCUT2D eigenvalue weighted by atomic mass is 35.5. The summed E-state index contributed by atoms with van der Waals surface area (Å²) in [7, 11) is 0. The number of nitrogens with zero attached hydrogens (tertiary/aromatic N) is 3. The molecule has 4 heteroatoms. The SMILES string of the molecule is ClCCCc1cn(C2CCCC2)nn1. The summed E-state index contributed by atoms with van der Waals surface area (Å²) in [6.45, 7) is 0. The minimum Gasteiger partial charge on any atom is -0.249 e. The van der Waals surface area contributed by atoms with E-state index in [4.69, 9.17) is 11.6 Å². The van der Waals surface area contributed by atoms with Crippen molar-refractivity contribution >= 4 is 11.6 Å². The van der Waals surface area contributed by atoms with Crippen LogP contribution in [-0.2, 0) is 6.42 Å². The first-order chi connectivity index (χ1) is 6.90. The van der Waals surface area contributed by atoms with E-state index < -0.39 is 0 Å². The summed E-state index contributed by atoms with van der Waals surface area (Å²) >= 11 is 5.63. The van der Waals surface area contributed by atoms with Gasteiger partial charge in [-0.1, -0.05) is 18.1 Å². The van der Waals surface area contributed by atoms with Crippen LogP contribution >= 0.6 is 11.6 Å². The fourth-order valence-corrected chi connectivity index (χ4v) is 2.16. The summed E-state index contributed by atoms with van der Waals surface area (Å²) in [4.78, 5) is 0. The molecule has 1 aliphatic rings. The summed E-state index contributed by atoms with van der Waals surface area (Å²) in [6.07, 6.45) is 9.23. The molecule has 0 N–H and O–H groups in total. The molecule has 1 aromatic heterocycles. The highest BCUT2D eigenvalue weighted by Crippen LogP contribution is 2.28. The maximum absolute atomic E-state index is 5.63. The van der Waals surface area contributed by atoms with Crippen LogP contribution in [0.25, 0.3) is 0 Å². The maximum atomic E-state index is 5.63. The van der Waals surface area contributed by atoms with E-state index in [1.807, 2.05) is 4.68 Å². The molecule has 78 valence electrons. The fourth-order valence-electron chi connectivity index (χ4n) is 2.02. The Balaban J connectivity index is 1.94. The molecule has 1 fully saturated rings. The van der Waals surface area contributed by atoms with Crippen LogP contribution in [0, 0.1) is 0 Å². The number of hydrogen-bond donors (Lipinski definition) is 0. The molecule has 0 saturated heterocycles. The molecular weight excluding hydrogens is 198 g/mol. The van der Waals surface area contributed by atoms with Crippen molar-refractivity contribution in [3.63, 3.8) is 0 Å². The molecule has 2 rings (SSSR count). The van der Waals surface area contributed by atoms with E-state index in [1.54, 1.807) is 0 Å². The molecule has 1 heterocycles. The van der Waals surface area contributed by atoms with Crippen LogP contribution in [0.4, 0.5) is 0 Å². The number of rotatable bonds is 4. The molecule has 14 heavy (non-hydrogen) atoms. The van der Waals surface area contributed by atoms with Crippen molar-refractivity contribution in [2.24, 2.45) is 0 Å². The Bertz CT molecular complexity index is 279. The zero-order valence-electron chi connectivity index (χ0n) is 8.32. The van der Waals surface area contributed by atoms with Crippen LogP contribution in [-0.4, -0.2) is 20.9 Å². The van der Waals surface area contributed by atoms with Gasteiger partial charge in [-0.15, -0.1) is 16.7 Å². The molecule has 1 aliphatic carbocycles. The summed E-state index contributed by atoms with van der Waals surface area (Å²) in [5.41, 5.74) is 1.08. The van der Waals surface area contributed by atoms with Crippen LogP contribution in [0.15, 0.2) is 6.20 Å². The Kier molecular flexibility index (Phi) is 3.40. The van der Waals surface area contributed by atoms with Crippen molar-refractivity contribution in [3.8, 4) is 0 Å². The Morgan fingerprint density at radius 2 is 2.21 bits per heavy atom. The van der Waals surface area contributed by atoms with Crippen molar-refractivity contribution in [1.29, 1.82) is 0 Å². The normalized spacial score (nSPS) is 17.8. The maximum Gasteiger partial charge on any atom is 0.0827 e. The monoisotopic (exact) mass is 213 g/mol. The Morgan fingerprint density at radius 1 is 1.43 bits per heavy atom. The van der Waals surface area contributed by atoms with Crippen LogP contribution in [0.3, 0.4) is 0 Å². The summed E-state index contributed by atoms with van der Waals surface area (Å²) < 4.78 is 2.04. The van der Waals surface area contributed by atoms with Gasteiger partial charge in [-0.25, -0.2) is 4.68 Å². The van der Waals surface area contributed by atoms with Crippen LogP contribution < -0.4 is 0 Å². The highest BCUT2D eigenvalue weighted by Gasteiger charge is 2.17. The third-order valence-corrected chi connectivity index (χ3v) is 3.09. The Hall–Kier alpha value is -0.570. The van der Waals surface area contributed by atoms with Gasteiger partial charge in [-0.3, -0.25) is 0 Å². The lowest BCUT2D eigenvalue weighted by Gasteiger charge is -2.06. The van der Waals surface area contributed by atoms with Gasteiger partial charge in [0.2, 0.25) is 0 Å². The van der Waals surface area contributed by atoms with Crippen molar-refractivity contribution in [2.75, 3.05) is 5.88 Å². The topological polar surface area (TPSA) is 30.7 Å². The second-order valence-electron chi connectivity index (χ2n) is 3.92. The van der Waals surface area contributed by atoms with E-state index in [0.29, 0.717) is 11.9 Å². The van der Waals surface area contributed by atoms with E-state index in [1.165, 1.54) is 25.7 Å². The Labute approximate surface area is 89.4 Å². The summed E-state index contributed by atoms with van der Waals surface area (Å²) in [5, 5.41) is 8.33. The lowest BCUT2D eigenvalue weighted by Crippen LogP contribution is -2.04. The molecule has 0 amide bonds. The lowest BCUT2D eigenvalue weighted by molar-refractivity contribution is 0.454. The van der Waals surface area contributed by atoms with Crippen molar-refractivity contribution < 1.29 is 0 Å². The zero-order valence-corrected chi connectivity index (χ0v) is 9.08.